The first-order valence-corrected chi connectivity index (χ1v) is 11.6. The highest BCUT2D eigenvalue weighted by atomic mass is 32.2. The van der Waals surface area contributed by atoms with Crippen molar-refractivity contribution in [1.29, 1.82) is 0 Å². The largest absolute Gasteiger partial charge is 0.335 e. The zero-order chi connectivity index (χ0) is 20.1. The van der Waals surface area contributed by atoms with Gasteiger partial charge in [0.25, 0.3) is 0 Å². The van der Waals surface area contributed by atoms with Gasteiger partial charge in [-0.25, -0.2) is 14.8 Å². The molecule has 2 N–H and O–H groups in total. The quantitative estimate of drug-likeness (QED) is 0.444. The van der Waals surface area contributed by atoms with E-state index in [2.05, 4.69) is 38.1 Å². The zero-order valence-electron chi connectivity index (χ0n) is 15.9. The van der Waals surface area contributed by atoms with E-state index in [1.54, 1.807) is 17.7 Å². The van der Waals surface area contributed by atoms with E-state index in [0.29, 0.717) is 5.75 Å². The van der Waals surface area contributed by atoms with Crippen LogP contribution in [-0.4, -0.2) is 33.7 Å². The van der Waals surface area contributed by atoms with E-state index in [1.807, 2.05) is 18.2 Å². The zero-order valence-corrected chi connectivity index (χ0v) is 17.5. The minimum absolute atomic E-state index is 0.196. The molecule has 150 valence electrons. The van der Waals surface area contributed by atoms with Gasteiger partial charge in [0.05, 0.1) is 5.39 Å². The topological polar surface area (TPSA) is 84.0 Å². The predicted molar refractivity (Wildman–Crippen MR) is 117 cm³/mol. The monoisotopic (exact) mass is 426 g/mol. The van der Waals surface area contributed by atoms with Crippen LogP contribution in [0.5, 0.6) is 0 Å². The number of aromatic nitrogens is 2. The molecule has 1 aromatic carbocycles. The number of thiophene rings is 1. The second kappa shape index (κ2) is 9.37. The predicted octanol–water partition coefficient (Wildman–Crippen LogP) is 4.61. The molecule has 2 aromatic heterocycles. The van der Waals surface area contributed by atoms with Crippen molar-refractivity contribution in [3.8, 4) is 11.1 Å². The van der Waals surface area contributed by atoms with Gasteiger partial charge in [-0.05, 0) is 18.4 Å². The molecule has 1 saturated carbocycles. The van der Waals surface area contributed by atoms with Gasteiger partial charge in [-0.1, -0.05) is 43.2 Å². The number of thioether (sulfide) groups is 1. The Morgan fingerprint density at radius 3 is 2.72 bits per heavy atom. The maximum Gasteiger partial charge on any atom is 0.321 e. The van der Waals surface area contributed by atoms with E-state index in [-0.39, 0.29) is 24.4 Å². The highest BCUT2D eigenvalue weighted by molar-refractivity contribution is 7.99. The summed E-state index contributed by atoms with van der Waals surface area (Å²) in [7, 11) is 0. The summed E-state index contributed by atoms with van der Waals surface area (Å²) in [5.74, 6) is 0.269. The van der Waals surface area contributed by atoms with Crippen LogP contribution in [0.3, 0.4) is 0 Å². The fourth-order valence-corrected chi connectivity index (χ4v) is 5.44. The van der Waals surface area contributed by atoms with Crippen molar-refractivity contribution in [2.45, 2.75) is 43.2 Å². The number of fused-ring (bicyclic) bond motifs is 1. The molecule has 2 heterocycles. The number of nitrogens with zero attached hydrogens (tertiary/aromatic N) is 2. The lowest BCUT2D eigenvalue weighted by molar-refractivity contribution is -0.119. The lowest BCUT2D eigenvalue weighted by Crippen LogP contribution is -2.43. The molecule has 0 bridgehead atoms. The SMILES string of the molecule is O=C(CCSc1ncnc2scc(-c3ccccc3)c12)NC(=O)NC1CCCC1. The fourth-order valence-electron chi connectivity index (χ4n) is 3.51. The van der Waals surface area contributed by atoms with Gasteiger partial charge in [0, 0.05) is 29.2 Å². The molecule has 1 fully saturated rings. The summed E-state index contributed by atoms with van der Waals surface area (Å²) in [5, 5.41) is 9.27. The van der Waals surface area contributed by atoms with Gasteiger partial charge in [0.2, 0.25) is 5.91 Å². The Morgan fingerprint density at radius 1 is 1.14 bits per heavy atom. The van der Waals surface area contributed by atoms with E-state index >= 15 is 0 Å². The third-order valence-corrected chi connectivity index (χ3v) is 6.81. The lowest BCUT2D eigenvalue weighted by Gasteiger charge is -2.12. The van der Waals surface area contributed by atoms with Crippen LogP contribution in [0.4, 0.5) is 4.79 Å². The van der Waals surface area contributed by atoms with Gasteiger partial charge >= 0.3 is 6.03 Å². The number of hydrogen-bond donors (Lipinski definition) is 2. The van der Waals surface area contributed by atoms with E-state index in [9.17, 15) is 9.59 Å². The summed E-state index contributed by atoms with van der Waals surface area (Å²) < 4.78 is 0. The van der Waals surface area contributed by atoms with Gasteiger partial charge in [0.15, 0.2) is 0 Å². The van der Waals surface area contributed by atoms with Crippen molar-refractivity contribution >= 4 is 45.3 Å². The second-order valence-corrected chi connectivity index (χ2v) is 8.92. The van der Waals surface area contributed by atoms with Gasteiger partial charge in [-0.3, -0.25) is 10.1 Å². The number of hydrogen-bond acceptors (Lipinski definition) is 6. The molecule has 0 aliphatic heterocycles. The highest BCUT2D eigenvalue weighted by Crippen LogP contribution is 2.37. The van der Waals surface area contributed by atoms with Crippen LogP contribution >= 0.6 is 23.1 Å². The molecule has 4 rings (SSSR count). The van der Waals surface area contributed by atoms with Crippen LogP contribution < -0.4 is 10.6 Å². The van der Waals surface area contributed by atoms with E-state index in [4.69, 9.17) is 0 Å². The Hall–Kier alpha value is -2.45. The third kappa shape index (κ3) is 4.94. The summed E-state index contributed by atoms with van der Waals surface area (Å²) in [6.45, 7) is 0. The van der Waals surface area contributed by atoms with E-state index < -0.39 is 0 Å². The number of carbonyl (C=O) groups excluding carboxylic acids is 2. The third-order valence-electron chi connectivity index (χ3n) is 4.93. The van der Waals surface area contributed by atoms with Gasteiger partial charge < -0.3 is 5.32 Å². The molecule has 1 aliphatic rings. The average molecular weight is 427 g/mol. The van der Waals surface area contributed by atoms with Crippen molar-refractivity contribution in [3.63, 3.8) is 0 Å². The van der Waals surface area contributed by atoms with Gasteiger partial charge in [-0.15, -0.1) is 23.1 Å². The second-order valence-electron chi connectivity index (χ2n) is 6.98. The summed E-state index contributed by atoms with van der Waals surface area (Å²) in [4.78, 5) is 33.8. The lowest BCUT2D eigenvalue weighted by atomic mass is 10.1. The van der Waals surface area contributed by atoms with Crippen molar-refractivity contribution in [1.82, 2.24) is 20.6 Å². The van der Waals surface area contributed by atoms with Gasteiger partial charge in [0.1, 0.15) is 16.2 Å². The number of benzene rings is 1. The molecule has 0 spiro atoms. The molecular weight excluding hydrogens is 404 g/mol. The van der Waals surface area contributed by atoms with Crippen LogP contribution in [0.2, 0.25) is 0 Å². The summed E-state index contributed by atoms with van der Waals surface area (Å²) in [6, 6.07) is 9.96. The van der Waals surface area contributed by atoms with Crippen LogP contribution in [0.15, 0.2) is 47.1 Å². The smallest absolute Gasteiger partial charge is 0.321 e. The Bertz CT molecular complexity index is 1000. The average Bonchev–Trinajstić information content (AvgIpc) is 3.38. The van der Waals surface area contributed by atoms with Crippen LogP contribution in [0, 0.1) is 0 Å². The van der Waals surface area contributed by atoms with Crippen LogP contribution in [0.1, 0.15) is 32.1 Å². The number of urea groups is 1. The Labute approximate surface area is 177 Å². The molecule has 3 amide bonds. The number of amides is 3. The molecule has 29 heavy (non-hydrogen) atoms. The number of rotatable bonds is 6. The molecule has 8 heteroatoms. The molecule has 0 atom stereocenters. The minimum atomic E-state index is -0.388. The van der Waals surface area contributed by atoms with Crippen LogP contribution in [0.25, 0.3) is 21.3 Å². The normalized spacial score (nSPS) is 14.2. The maximum absolute atomic E-state index is 12.1. The molecule has 0 saturated heterocycles. The summed E-state index contributed by atoms with van der Waals surface area (Å²) in [6.07, 6.45) is 6.06. The first kappa shape index (κ1) is 19.8. The van der Waals surface area contributed by atoms with E-state index in [0.717, 1.165) is 52.1 Å². The highest BCUT2D eigenvalue weighted by Gasteiger charge is 2.18. The molecular formula is C21H22N4O2S2. The molecule has 0 radical (unpaired) electrons. The minimum Gasteiger partial charge on any atom is -0.335 e. The van der Waals surface area contributed by atoms with Gasteiger partial charge in [-0.2, -0.15) is 0 Å². The molecule has 0 unspecified atom stereocenters. The molecule has 6 nitrogen and oxygen atoms in total. The fraction of sp³-hybridized carbons (Fsp3) is 0.333. The Balaban J connectivity index is 1.36. The molecule has 3 aromatic rings. The summed E-state index contributed by atoms with van der Waals surface area (Å²) >= 11 is 3.10. The van der Waals surface area contributed by atoms with E-state index in [1.165, 1.54) is 11.8 Å². The van der Waals surface area contributed by atoms with Crippen molar-refractivity contribution in [2.75, 3.05) is 5.75 Å². The Morgan fingerprint density at radius 2 is 1.93 bits per heavy atom. The summed E-state index contributed by atoms with van der Waals surface area (Å²) in [5.41, 5.74) is 2.23. The number of imide groups is 1. The standard InChI is InChI=1S/C21H22N4O2S2/c26-17(25-21(27)24-15-8-4-5-9-15)10-11-28-19-18-16(14-6-2-1-3-7-14)12-29-20(18)23-13-22-19/h1-3,6-7,12-13,15H,4-5,8-11H2,(H2,24,25,26,27). The first-order valence-electron chi connectivity index (χ1n) is 9.71. The Kier molecular flexibility index (Phi) is 6.41. The van der Waals surface area contributed by atoms with Crippen molar-refractivity contribution < 1.29 is 9.59 Å². The molecule has 1 aliphatic carbocycles. The van der Waals surface area contributed by atoms with Crippen molar-refractivity contribution in [3.05, 3.63) is 42.0 Å². The first-order chi connectivity index (χ1) is 14.2. The van der Waals surface area contributed by atoms with Crippen molar-refractivity contribution in [2.24, 2.45) is 0 Å². The maximum atomic E-state index is 12.1. The number of carbonyl (C=O) groups is 2. The van der Waals surface area contributed by atoms with Crippen LogP contribution in [-0.2, 0) is 4.79 Å². The number of nitrogens with one attached hydrogen (secondary N) is 2.